The molecule has 0 aliphatic carbocycles. The lowest BCUT2D eigenvalue weighted by Crippen LogP contribution is -2.42. The Morgan fingerprint density at radius 3 is 2.94 bits per heavy atom. The number of imide groups is 1. The summed E-state index contributed by atoms with van der Waals surface area (Å²) in [4.78, 5) is 27.2. The van der Waals surface area contributed by atoms with Gasteiger partial charge in [-0.2, -0.15) is 0 Å². The smallest absolute Gasteiger partial charge is 0.243 e. The Morgan fingerprint density at radius 1 is 1.33 bits per heavy atom. The molecule has 3 aliphatic heterocycles. The Hall–Kier alpha value is -0.940. The minimum absolute atomic E-state index is 0.00357. The zero-order valence-corrected chi connectivity index (χ0v) is 10.7. The van der Waals surface area contributed by atoms with E-state index in [0.717, 1.165) is 26.1 Å². The second kappa shape index (κ2) is 4.97. The fourth-order valence-corrected chi connectivity index (χ4v) is 3.45. The second-order valence-electron chi connectivity index (χ2n) is 5.70. The molecule has 3 fully saturated rings. The quantitative estimate of drug-likeness (QED) is 0.740. The second-order valence-corrected chi connectivity index (χ2v) is 5.70. The predicted octanol–water partition coefficient (Wildman–Crippen LogP) is -0.181. The van der Waals surface area contributed by atoms with Crippen LogP contribution in [0.2, 0.25) is 0 Å². The first-order valence-corrected chi connectivity index (χ1v) is 7.03. The van der Waals surface area contributed by atoms with E-state index in [2.05, 4.69) is 10.2 Å². The molecule has 5 heteroatoms. The van der Waals surface area contributed by atoms with Crippen LogP contribution in [0.1, 0.15) is 25.7 Å². The zero-order chi connectivity index (χ0) is 12.5. The zero-order valence-electron chi connectivity index (χ0n) is 10.7. The molecule has 100 valence electrons. The highest BCUT2D eigenvalue weighted by atomic mass is 16.2. The standard InChI is InChI=1S/C13H21N3O2/c17-12-4-2-6-16(12)13(18)9-15-7-10-3-1-5-14-11(10)8-15/h10-11,14H,1-9H2. The van der Waals surface area contributed by atoms with E-state index < -0.39 is 0 Å². The Kier molecular flexibility index (Phi) is 3.35. The van der Waals surface area contributed by atoms with E-state index in [1.54, 1.807) is 0 Å². The van der Waals surface area contributed by atoms with Crippen molar-refractivity contribution < 1.29 is 9.59 Å². The fourth-order valence-electron chi connectivity index (χ4n) is 3.45. The normalized spacial score (nSPS) is 32.9. The summed E-state index contributed by atoms with van der Waals surface area (Å²) >= 11 is 0. The Balaban J connectivity index is 1.54. The lowest BCUT2D eigenvalue weighted by molar-refractivity contribution is -0.142. The molecular formula is C13H21N3O2. The molecule has 3 aliphatic rings. The molecule has 0 aromatic rings. The highest BCUT2D eigenvalue weighted by Gasteiger charge is 2.36. The molecule has 2 amide bonds. The molecule has 5 nitrogen and oxygen atoms in total. The van der Waals surface area contributed by atoms with E-state index in [4.69, 9.17) is 0 Å². The van der Waals surface area contributed by atoms with Gasteiger partial charge in [0.1, 0.15) is 0 Å². The van der Waals surface area contributed by atoms with E-state index >= 15 is 0 Å². The van der Waals surface area contributed by atoms with Crippen LogP contribution < -0.4 is 5.32 Å². The Morgan fingerprint density at radius 2 is 2.22 bits per heavy atom. The number of piperidine rings is 1. The largest absolute Gasteiger partial charge is 0.312 e. The summed E-state index contributed by atoms with van der Waals surface area (Å²) in [5.74, 6) is 0.701. The maximum atomic E-state index is 12.1. The molecule has 3 saturated heterocycles. The van der Waals surface area contributed by atoms with Crippen molar-refractivity contribution in [3.63, 3.8) is 0 Å². The van der Waals surface area contributed by atoms with Gasteiger partial charge in [0.15, 0.2) is 0 Å². The van der Waals surface area contributed by atoms with Crippen molar-refractivity contribution in [3.05, 3.63) is 0 Å². The molecule has 3 heterocycles. The van der Waals surface area contributed by atoms with Crippen LogP contribution in [0.3, 0.4) is 0 Å². The lowest BCUT2D eigenvalue weighted by atomic mass is 9.94. The van der Waals surface area contributed by atoms with Gasteiger partial charge in [0.05, 0.1) is 6.54 Å². The van der Waals surface area contributed by atoms with Gasteiger partial charge in [0, 0.05) is 32.1 Å². The first-order valence-electron chi connectivity index (χ1n) is 7.03. The molecular weight excluding hydrogens is 230 g/mol. The fraction of sp³-hybridized carbons (Fsp3) is 0.846. The summed E-state index contributed by atoms with van der Waals surface area (Å²) in [6.45, 7) is 4.11. The van der Waals surface area contributed by atoms with Gasteiger partial charge in [-0.25, -0.2) is 0 Å². The van der Waals surface area contributed by atoms with Crippen LogP contribution in [0.4, 0.5) is 0 Å². The Bertz CT molecular complexity index is 344. The number of hydrogen-bond acceptors (Lipinski definition) is 4. The summed E-state index contributed by atoms with van der Waals surface area (Å²) in [6.07, 6.45) is 3.88. The number of carbonyl (C=O) groups excluding carboxylic acids is 2. The molecule has 0 bridgehead atoms. The molecule has 2 atom stereocenters. The number of carbonyl (C=O) groups is 2. The number of likely N-dealkylation sites (tertiary alicyclic amines) is 2. The van der Waals surface area contributed by atoms with Gasteiger partial charge in [-0.05, 0) is 31.7 Å². The molecule has 3 rings (SSSR count). The summed E-state index contributed by atoms with van der Waals surface area (Å²) < 4.78 is 0. The maximum Gasteiger partial charge on any atom is 0.243 e. The minimum atomic E-state index is -0.00357. The summed E-state index contributed by atoms with van der Waals surface area (Å²) in [5.41, 5.74) is 0. The van der Waals surface area contributed by atoms with Crippen molar-refractivity contribution in [1.82, 2.24) is 15.1 Å². The molecule has 18 heavy (non-hydrogen) atoms. The highest BCUT2D eigenvalue weighted by Crippen LogP contribution is 2.24. The maximum absolute atomic E-state index is 12.1. The van der Waals surface area contributed by atoms with Crippen LogP contribution in [-0.4, -0.2) is 60.4 Å². The van der Waals surface area contributed by atoms with Gasteiger partial charge in [0.25, 0.3) is 0 Å². The third-order valence-corrected chi connectivity index (χ3v) is 4.41. The number of nitrogens with one attached hydrogen (secondary N) is 1. The van der Waals surface area contributed by atoms with Crippen LogP contribution in [0.25, 0.3) is 0 Å². The molecule has 0 saturated carbocycles. The molecule has 0 spiro atoms. The molecule has 0 aromatic heterocycles. The average Bonchev–Trinajstić information content (AvgIpc) is 2.94. The van der Waals surface area contributed by atoms with Gasteiger partial charge >= 0.3 is 0 Å². The lowest BCUT2D eigenvalue weighted by Gasteiger charge is -2.24. The molecule has 0 radical (unpaired) electrons. The van der Waals surface area contributed by atoms with Crippen LogP contribution >= 0.6 is 0 Å². The van der Waals surface area contributed by atoms with Crippen molar-refractivity contribution in [2.45, 2.75) is 31.7 Å². The Labute approximate surface area is 107 Å². The number of amides is 2. The number of rotatable bonds is 2. The predicted molar refractivity (Wildman–Crippen MR) is 66.9 cm³/mol. The topological polar surface area (TPSA) is 52.7 Å². The first kappa shape index (κ1) is 12.1. The number of nitrogens with zero attached hydrogens (tertiary/aromatic N) is 2. The van der Waals surface area contributed by atoms with E-state index in [-0.39, 0.29) is 11.8 Å². The van der Waals surface area contributed by atoms with E-state index in [0.29, 0.717) is 31.5 Å². The van der Waals surface area contributed by atoms with Gasteiger partial charge in [-0.15, -0.1) is 0 Å². The highest BCUT2D eigenvalue weighted by molar-refractivity contribution is 5.97. The van der Waals surface area contributed by atoms with Crippen molar-refractivity contribution in [2.24, 2.45) is 5.92 Å². The van der Waals surface area contributed by atoms with E-state index in [9.17, 15) is 9.59 Å². The van der Waals surface area contributed by atoms with Crippen molar-refractivity contribution >= 4 is 11.8 Å². The van der Waals surface area contributed by atoms with Crippen LogP contribution in [-0.2, 0) is 9.59 Å². The summed E-state index contributed by atoms with van der Waals surface area (Å²) in [6, 6.07) is 0.556. The molecule has 1 N–H and O–H groups in total. The average molecular weight is 251 g/mol. The van der Waals surface area contributed by atoms with Gasteiger partial charge in [0.2, 0.25) is 11.8 Å². The van der Waals surface area contributed by atoms with Crippen LogP contribution in [0.15, 0.2) is 0 Å². The van der Waals surface area contributed by atoms with Gasteiger partial charge in [-0.1, -0.05) is 0 Å². The molecule has 0 aromatic carbocycles. The van der Waals surface area contributed by atoms with E-state index in [1.165, 1.54) is 17.7 Å². The number of fused-ring (bicyclic) bond motifs is 1. The first-order chi connectivity index (χ1) is 8.74. The minimum Gasteiger partial charge on any atom is -0.312 e. The van der Waals surface area contributed by atoms with Crippen molar-refractivity contribution in [2.75, 3.05) is 32.7 Å². The van der Waals surface area contributed by atoms with Crippen molar-refractivity contribution in [1.29, 1.82) is 0 Å². The SMILES string of the molecule is O=C1CCCN1C(=O)CN1CC2CCCNC2C1. The third kappa shape index (κ3) is 2.29. The van der Waals surface area contributed by atoms with Gasteiger partial charge in [-0.3, -0.25) is 19.4 Å². The van der Waals surface area contributed by atoms with Crippen LogP contribution in [0, 0.1) is 5.92 Å². The van der Waals surface area contributed by atoms with Gasteiger partial charge < -0.3 is 5.32 Å². The van der Waals surface area contributed by atoms with E-state index in [1.807, 2.05) is 0 Å². The summed E-state index contributed by atoms with van der Waals surface area (Å²) in [5, 5.41) is 3.53. The van der Waals surface area contributed by atoms with Crippen molar-refractivity contribution in [3.8, 4) is 0 Å². The summed E-state index contributed by atoms with van der Waals surface area (Å²) in [7, 11) is 0. The monoisotopic (exact) mass is 251 g/mol. The molecule has 2 unspecified atom stereocenters. The van der Waals surface area contributed by atoms with Crippen LogP contribution in [0.5, 0.6) is 0 Å². The third-order valence-electron chi connectivity index (χ3n) is 4.41. The number of hydrogen-bond donors (Lipinski definition) is 1.